The molecule has 2 fully saturated rings. The van der Waals surface area contributed by atoms with Crippen LogP contribution in [0.2, 0.25) is 0 Å². The fourth-order valence-corrected chi connectivity index (χ4v) is 3.69. The molecule has 0 atom stereocenters. The lowest BCUT2D eigenvalue weighted by molar-refractivity contribution is 0.279. The van der Waals surface area contributed by atoms with Crippen LogP contribution >= 0.6 is 11.3 Å². The number of anilines is 1. The summed E-state index contributed by atoms with van der Waals surface area (Å²) in [6, 6.07) is 0. The molecule has 1 aromatic rings. The molecule has 1 aromatic heterocycles. The van der Waals surface area contributed by atoms with Gasteiger partial charge < -0.3 is 10.6 Å². The molecule has 1 aliphatic carbocycles. The van der Waals surface area contributed by atoms with Crippen LogP contribution in [0.4, 0.5) is 5.13 Å². The number of piperidine rings is 1. The first-order chi connectivity index (χ1) is 8.59. The SMILES string of the molecule is CC1(C)CCN(c2nc(C3CC3)c(CN)s2)CC1. The highest BCUT2D eigenvalue weighted by Crippen LogP contribution is 2.44. The molecule has 0 spiro atoms. The summed E-state index contributed by atoms with van der Waals surface area (Å²) in [6.07, 6.45) is 5.15. The average molecular weight is 265 g/mol. The molecule has 0 aromatic carbocycles. The van der Waals surface area contributed by atoms with Crippen molar-refractivity contribution in [3.63, 3.8) is 0 Å². The fraction of sp³-hybridized carbons (Fsp3) is 0.786. The van der Waals surface area contributed by atoms with E-state index in [1.165, 1.54) is 41.4 Å². The molecule has 3 nitrogen and oxygen atoms in total. The highest BCUT2D eigenvalue weighted by molar-refractivity contribution is 7.15. The highest BCUT2D eigenvalue weighted by atomic mass is 32.1. The summed E-state index contributed by atoms with van der Waals surface area (Å²) in [7, 11) is 0. The van der Waals surface area contributed by atoms with Crippen LogP contribution < -0.4 is 10.6 Å². The Balaban J connectivity index is 1.76. The van der Waals surface area contributed by atoms with Crippen molar-refractivity contribution in [3.8, 4) is 0 Å². The zero-order valence-corrected chi connectivity index (χ0v) is 12.2. The predicted molar refractivity (Wildman–Crippen MR) is 77.2 cm³/mol. The van der Waals surface area contributed by atoms with Gasteiger partial charge in [0.1, 0.15) is 0 Å². The average Bonchev–Trinajstić information content (AvgIpc) is 3.09. The Morgan fingerprint density at radius 3 is 2.56 bits per heavy atom. The maximum absolute atomic E-state index is 5.85. The topological polar surface area (TPSA) is 42.2 Å². The lowest BCUT2D eigenvalue weighted by atomic mass is 9.83. The lowest BCUT2D eigenvalue weighted by Gasteiger charge is -2.36. The molecule has 0 bridgehead atoms. The Morgan fingerprint density at radius 1 is 1.33 bits per heavy atom. The Hall–Kier alpha value is -0.610. The minimum absolute atomic E-state index is 0.504. The molecule has 2 N–H and O–H groups in total. The van der Waals surface area contributed by atoms with Crippen LogP contribution in [0.3, 0.4) is 0 Å². The van der Waals surface area contributed by atoms with E-state index in [0.29, 0.717) is 12.0 Å². The van der Waals surface area contributed by atoms with Crippen LogP contribution in [-0.4, -0.2) is 18.1 Å². The maximum atomic E-state index is 5.85. The van der Waals surface area contributed by atoms with Crippen molar-refractivity contribution in [2.24, 2.45) is 11.1 Å². The number of thiazole rings is 1. The third-order valence-corrected chi connectivity index (χ3v) is 5.41. The largest absolute Gasteiger partial charge is 0.348 e. The van der Waals surface area contributed by atoms with E-state index in [1.807, 2.05) is 11.3 Å². The third-order valence-electron chi connectivity index (χ3n) is 4.25. The first-order valence-electron chi connectivity index (χ1n) is 7.04. The molecule has 4 heteroatoms. The molecule has 2 heterocycles. The van der Waals surface area contributed by atoms with Gasteiger partial charge in [-0.1, -0.05) is 13.8 Å². The molecule has 3 rings (SSSR count). The molecule has 1 saturated carbocycles. The Labute approximate surface area is 113 Å². The standard InChI is InChI=1S/C14H23N3S/c1-14(2)5-7-17(8-6-14)13-16-12(10-3-4-10)11(9-15)18-13/h10H,3-9,15H2,1-2H3. The van der Waals surface area contributed by atoms with Crippen LogP contribution in [0.15, 0.2) is 0 Å². The van der Waals surface area contributed by atoms with Crippen molar-refractivity contribution in [1.29, 1.82) is 0 Å². The summed E-state index contributed by atoms with van der Waals surface area (Å²) >= 11 is 1.82. The van der Waals surface area contributed by atoms with Gasteiger partial charge in [-0.25, -0.2) is 4.98 Å². The van der Waals surface area contributed by atoms with Crippen LogP contribution in [0.5, 0.6) is 0 Å². The van der Waals surface area contributed by atoms with Gasteiger partial charge in [0.25, 0.3) is 0 Å². The van der Waals surface area contributed by atoms with Gasteiger partial charge >= 0.3 is 0 Å². The van der Waals surface area contributed by atoms with E-state index in [-0.39, 0.29) is 0 Å². The molecule has 1 aliphatic heterocycles. The zero-order valence-electron chi connectivity index (χ0n) is 11.4. The number of nitrogens with zero attached hydrogens (tertiary/aromatic N) is 2. The molecule has 0 amide bonds. The summed E-state index contributed by atoms with van der Waals surface area (Å²) in [5, 5.41) is 1.22. The van der Waals surface area contributed by atoms with Gasteiger partial charge in [0.05, 0.1) is 5.69 Å². The summed E-state index contributed by atoms with van der Waals surface area (Å²) < 4.78 is 0. The van der Waals surface area contributed by atoms with Crippen molar-refractivity contribution in [2.75, 3.05) is 18.0 Å². The molecule has 0 unspecified atom stereocenters. The van der Waals surface area contributed by atoms with Crippen molar-refractivity contribution in [1.82, 2.24) is 4.98 Å². The van der Waals surface area contributed by atoms with Gasteiger partial charge in [-0.15, -0.1) is 11.3 Å². The molecule has 18 heavy (non-hydrogen) atoms. The molecule has 100 valence electrons. The summed E-state index contributed by atoms with van der Waals surface area (Å²) in [4.78, 5) is 8.66. The zero-order chi connectivity index (χ0) is 12.8. The molecule has 1 saturated heterocycles. The van der Waals surface area contributed by atoms with E-state index < -0.39 is 0 Å². The molecule has 0 radical (unpaired) electrons. The van der Waals surface area contributed by atoms with E-state index in [2.05, 4.69) is 18.7 Å². The summed E-state index contributed by atoms with van der Waals surface area (Å²) in [6.45, 7) is 7.69. The Morgan fingerprint density at radius 2 is 2.00 bits per heavy atom. The Bertz CT molecular complexity index is 424. The summed E-state index contributed by atoms with van der Waals surface area (Å²) in [5.41, 5.74) is 7.67. The number of aromatic nitrogens is 1. The van der Waals surface area contributed by atoms with Crippen molar-refractivity contribution < 1.29 is 0 Å². The minimum Gasteiger partial charge on any atom is -0.348 e. The lowest BCUT2D eigenvalue weighted by Crippen LogP contribution is -2.37. The van der Waals surface area contributed by atoms with Crippen molar-refractivity contribution in [2.45, 2.75) is 52.0 Å². The predicted octanol–water partition coefficient (Wildman–Crippen LogP) is 3.11. The minimum atomic E-state index is 0.504. The summed E-state index contributed by atoms with van der Waals surface area (Å²) in [5.74, 6) is 0.717. The highest BCUT2D eigenvalue weighted by Gasteiger charge is 2.32. The first-order valence-corrected chi connectivity index (χ1v) is 7.85. The van der Waals surface area contributed by atoms with Gasteiger partial charge in [0, 0.05) is 30.4 Å². The fourth-order valence-electron chi connectivity index (χ4n) is 2.61. The van der Waals surface area contributed by atoms with E-state index in [0.717, 1.165) is 19.0 Å². The molecular formula is C14H23N3S. The molecular weight excluding hydrogens is 242 g/mol. The van der Waals surface area contributed by atoms with Crippen LogP contribution in [0.25, 0.3) is 0 Å². The smallest absolute Gasteiger partial charge is 0.185 e. The van der Waals surface area contributed by atoms with E-state index in [9.17, 15) is 0 Å². The van der Waals surface area contributed by atoms with Gasteiger partial charge in [-0.2, -0.15) is 0 Å². The van der Waals surface area contributed by atoms with Crippen molar-refractivity contribution >= 4 is 16.5 Å². The monoisotopic (exact) mass is 265 g/mol. The number of nitrogens with two attached hydrogens (primary N) is 1. The number of rotatable bonds is 3. The number of hydrogen-bond acceptors (Lipinski definition) is 4. The second-order valence-electron chi connectivity index (χ2n) is 6.43. The van der Waals surface area contributed by atoms with Crippen LogP contribution in [0.1, 0.15) is 56.0 Å². The van der Waals surface area contributed by atoms with E-state index >= 15 is 0 Å². The van der Waals surface area contributed by atoms with Gasteiger partial charge in [-0.05, 0) is 31.1 Å². The Kier molecular flexibility index (Phi) is 3.10. The first kappa shape index (κ1) is 12.4. The normalized spacial score (nSPS) is 23.4. The third kappa shape index (κ3) is 2.41. The van der Waals surface area contributed by atoms with Gasteiger partial charge in [0.15, 0.2) is 5.13 Å². The van der Waals surface area contributed by atoms with Crippen molar-refractivity contribution in [3.05, 3.63) is 10.6 Å². The second-order valence-corrected chi connectivity index (χ2v) is 7.50. The number of hydrogen-bond donors (Lipinski definition) is 1. The van der Waals surface area contributed by atoms with E-state index in [4.69, 9.17) is 10.7 Å². The van der Waals surface area contributed by atoms with E-state index in [1.54, 1.807) is 0 Å². The quantitative estimate of drug-likeness (QED) is 0.913. The second kappa shape index (κ2) is 4.49. The van der Waals surface area contributed by atoms with Crippen LogP contribution in [0, 0.1) is 5.41 Å². The van der Waals surface area contributed by atoms with Crippen LogP contribution in [-0.2, 0) is 6.54 Å². The van der Waals surface area contributed by atoms with Gasteiger partial charge in [0.2, 0.25) is 0 Å². The maximum Gasteiger partial charge on any atom is 0.185 e. The molecule has 2 aliphatic rings. The van der Waals surface area contributed by atoms with Gasteiger partial charge in [-0.3, -0.25) is 0 Å².